The van der Waals surface area contributed by atoms with Crippen molar-refractivity contribution in [3.63, 3.8) is 0 Å². The highest BCUT2D eigenvalue weighted by Crippen LogP contribution is 2.22. The number of ether oxygens (including phenoxy) is 1. The fourth-order valence-electron chi connectivity index (χ4n) is 3.19. The maximum absolute atomic E-state index is 12.2. The second-order valence-electron chi connectivity index (χ2n) is 6.68. The van der Waals surface area contributed by atoms with Gasteiger partial charge < -0.3 is 14.7 Å². The van der Waals surface area contributed by atoms with Crippen LogP contribution in [0.4, 0.5) is 11.4 Å². The van der Waals surface area contributed by atoms with Crippen LogP contribution >= 0.6 is 11.6 Å². The Hall–Kier alpha value is -3.36. The van der Waals surface area contributed by atoms with Crippen LogP contribution < -0.4 is 16.1 Å². The summed E-state index contributed by atoms with van der Waals surface area (Å²) in [6, 6.07) is 13.8. The quantitative estimate of drug-likeness (QED) is 0.624. The zero-order valence-electron chi connectivity index (χ0n) is 15.9. The largest absolute Gasteiger partial charge is 0.493 e. The lowest BCUT2D eigenvalue weighted by molar-refractivity contribution is 0.122. The molecule has 1 aliphatic heterocycles. The van der Waals surface area contributed by atoms with Crippen molar-refractivity contribution in [1.82, 2.24) is 9.55 Å². The summed E-state index contributed by atoms with van der Waals surface area (Å²) in [6.07, 6.45) is 1.24. The van der Waals surface area contributed by atoms with Crippen LogP contribution in [-0.4, -0.2) is 47.2 Å². The number of aromatic amines is 1. The molecule has 1 saturated heterocycles. The minimum absolute atomic E-state index is 0.123. The number of benzene rings is 2. The summed E-state index contributed by atoms with van der Waals surface area (Å²) in [5.74, 6) is -0.500. The van der Waals surface area contributed by atoms with E-state index in [1.165, 1.54) is 6.21 Å². The summed E-state index contributed by atoms with van der Waals surface area (Å²) < 4.78 is 6.35. The van der Waals surface area contributed by atoms with Crippen LogP contribution in [0.2, 0.25) is 5.02 Å². The number of aliphatic imine (C=N–C) groups is 1. The summed E-state index contributed by atoms with van der Waals surface area (Å²) in [5, 5.41) is 11.1. The van der Waals surface area contributed by atoms with Crippen LogP contribution in [0.5, 0.6) is 5.88 Å². The molecule has 0 amide bonds. The van der Waals surface area contributed by atoms with Gasteiger partial charge >= 0.3 is 5.69 Å². The summed E-state index contributed by atoms with van der Waals surface area (Å²) in [7, 11) is 0. The molecule has 4 rings (SSSR count). The number of halogens is 1. The standard InChI is InChI=1S/C21H19ClN4O4/c22-14-1-5-17(6-2-14)26-20(28)18(19(27)24-21(26)29)13-23-15-3-7-16(8-4-15)25-9-11-30-12-10-25/h1-8,13,28H,9-12H2,(H,24,27,29). The molecule has 2 aromatic carbocycles. The van der Waals surface area contributed by atoms with Crippen molar-refractivity contribution in [2.45, 2.75) is 0 Å². The van der Waals surface area contributed by atoms with E-state index in [2.05, 4.69) is 14.9 Å². The number of anilines is 1. The number of aromatic hydroxyl groups is 1. The van der Waals surface area contributed by atoms with E-state index in [1.54, 1.807) is 24.3 Å². The van der Waals surface area contributed by atoms with Gasteiger partial charge in [0.15, 0.2) is 0 Å². The minimum atomic E-state index is -0.758. The molecule has 0 spiro atoms. The van der Waals surface area contributed by atoms with Gasteiger partial charge in [0.2, 0.25) is 5.88 Å². The van der Waals surface area contributed by atoms with Crippen molar-refractivity contribution >= 4 is 29.2 Å². The van der Waals surface area contributed by atoms with E-state index in [0.717, 1.165) is 23.3 Å². The van der Waals surface area contributed by atoms with Crippen molar-refractivity contribution in [2.24, 2.45) is 4.99 Å². The molecule has 0 aliphatic carbocycles. The van der Waals surface area contributed by atoms with Crippen LogP contribution in [0.25, 0.3) is 5.69 Å². The normalized spacial score (nSPS) is 14.4. The highest BCUT2D eigenvalue weighted by atomic mass is 35.5. The van der Waals surface area contributed by atoms with Gasteiger partial charge in [0.05, 0.1) is 24.6 Å². The Morgan fingerprint density at radius 1 is 1.00 bits per heavy atom. The lowest BCUT2D eigenvalue weighted by atomic mass is 10.2. The molecule has 30 heavy (non-hydrogen) atoms. The highest BCUT2D eigenvalue weighted by molar-refractivity contribution is 6.30. The zero-order chi connectivity index (χ0) is 21.1. The third-order valence-electron chi connectivity index (χ3n) is 4.77. The molecule has 3 aromatic rings. The minimum Gasteiger partial charge on any atom is -0.493 e. The first-order chi connectivity index (χ1) is 14.5. The first kappa shape index (κ1) is 19.9. The molecule has 0 atom stereocenters. The topological polar surface area (TPSA) is 99.9 Å². The maximum atomic E-state index is 12.2. The van der Waals surface area contributed by atoms with Crippen molar-refractivity contribution in [1.29, 1.82) is 0 Å². The summed E-state index contributed by atoms with van der Waals surface area (Å²) >= 11 is 5.88. The van der Waals surface area contributed by atoms with Gasteiger partial charge in [-0.15, -0.1) is 0 Å². The van der Waals surface area contributed by atoms with Crippen LogP contribution in [0, 0.1) is 0 Å². The Morgan fingerprint density at radius 3 is 2.30 bits per heavy atom. The molecule has 8 nitrogen and oxygen atoms in total. The second-order valence-corrected chi connectivity index (χ2v) is 7.12. The van der Waals surface area contributed by atoms with E-state index in [4.69, 9.17) is 16.3 Å². The molecule has 1 aromatic heterocycles. The Bertz CT molecular complexity index is 1180. The molecule has 1 aliphatic rings. The van der Waals surface area contributed by atoms with Crippen molar-refractivity contribution < 1.29 is 9.84 Å². The molecule has 0 bridgehead atoms. The van der Waals surface area contributed by atoms with Gasteiger partial charge in [-0.25, -0.2) is 9.36 Å². The molecule has 9 heteroatoms. The van der Waals surface area contributed by atoms with Crippen LogP contribution in [-0.2, 0) is 4.74 Å². The molecule has 154 valence electrons. The molecule has 0 unspecified atom stereocenters. The van der Waals surface area contributed by atoms with Gasteiger partial charge in [-0.05, 0) is 48.5 Å². The first-order valence-corrected chi connectivity index (χ1v) is 9.72. The van der Waals surface area contributed by atoms with E-state index >= 15 is 0 Å². The Morgan fingerprint density at radius 2 is 1.63 bits per heavy atom. The lowest BCUT2D eigenvalue weighted by Gasteiger charge is -2.28. The van der Waals surface area contributed by atoms with Gasteiger partial charge in [0, 0.05) is 30.0 Å². The zero-order valence-corrected chi connectivity index (χ0v) is 16.7. The number of hydrogen-bond donors (Lipinski definition) is 2. The number of hydrogen-bond acceptors (Lipinski definition) is 6. The molecule has 2 N–H and O–H groups in total. The molecule has 1 fully saturated rings. The average molecular weight is 427 g/mol. The third-order valence-corrected chi connectivity index (χ3v) is 5.03. The summed E-state index contributed by atoms with van der Waals surface area (Å²) in [5.41, 5.74) is 0.428. The lowest BCUT2D eigenvalue weighted by Crippen LogP contribution is -2.36. The highest BCUT2D eigenvalue weighted by Gasteiger charge is 2.14. The van der Waals surface area contributed by atoms with E-state index in [0.29, 0.717) is 29.6 Å². The summed E-state index contributed by atoms with van der Waals surface area (Å²) in [4.78, 5) is 33.1. The molecular formula is C21H19ClN4O4. The average Bonchev–Trinajstić information content (AvgIpc) is 2.76. The summed E-state index contributed by atoms with van der Waals surface area (Å²) in [6.45, 7) is 3.06. The van der Waals surface area contributed by atoms with Gasteiger partial charge in [-0.1, -0.05) is 11.6 Å². The molecule has 2 heterocycles. The maximum Gasteiger partial charge on any atom is 0.335 e. The van der Waals surface area contributed by atoms with Crippen LogP contribution in [0.1, 0.15) is 5.56 Å². The number of aromatic nitrogens is 2. The monoisotopic (exact) mass is 426 g/mol. The Balaban J connectivity index is 1.63. The SMILES string of the molecule is O=c1[nH]c(=O)n(-c2ccc(Cl)cc2)c(O)c1C=Nc1ccc(N2CCOCC2)cc1. The molecular weight excluding hydrogens is 408 g/mol. The second kappa shape index (κ2) is 8.56. The first-order valence-electron chi connectivity index (χ1n) is 9.34. The number of nitrogens with zero attached hydrogens (tertiary/aromatic N) is 3. The van der Waals surface area contributed by atoms with Crippen LogP contribution in [0.3, 0.4) is 0 Å². The molecule has 0 saturated carbocycles. The van der Waals surface area contributed by atoms with Gasteiger partial charge in [0.25, 0.3) is 5.56 Å². The van der Waals surface area contributed by atoms with Crippen molar-refractivity contribution in [2.75, 3.05) is 31.2 Å². The van der Waals surface area contributed by atoms with E-state index in [-0.39, 0.29) is 5.56 Å². The Labute approximate surface area is 176 Å². The van der Waals surface area contributed by atoms with Gasteiger partial charge in [0.1, 0.15) is 5.56 Å². The van der Waals surface area contributed by atoms with Crippen molar-refractivity contribution in [3.05, 3.63) is 80.0 Å². The number of nitrogens with one attached hydrogen (secondary N) is 1. The number of rotatable bonds is 4. The number of H-pyrrole nitrogens is 1. The van der Waals surface area contributed by atoms with Gasteiger partial charge in [-0.2, -0.15) is 0 Å². The smallest absolute Gasteiger partial charge is 0.335 e. The Kier molecular flexibility index (Phi) is 5.69. The predicted molar refractivity (Wildman–Crippen MR) is 116 cm³/mol. The van der Waals surface area contributed by atoms with Crippen molar-refractivity contribution in [3.8, 4) is 11.6 Å². The number of morpholine rings is 1. The fraction of sp³-hybridized carbons (Fsp3) is 0.190. The van der Waals surface area contributed by atoms with E-state index in [9.17, 15) is 14.7 Å². The predicted octanol–water partition coefficient (Wildman–Crippen LogP) is 2.47. The van der Waals surface area contributed by atoms with E-state index < -0.39 is 17.1 Å². The van der Waals surface area contributed by atoms with E-state index in [1.807, 2.05) is 24.3 Å². The fourth-order valence-corrected chi connectivity index (χ4v) is 3.32. The third kappa shape index (κ3) is 4.14. The molecule has 0 radical (unpaired) electrons. The van der Waals surface area contributed by atoms with Gasteiger partial charge in [-0.3, -0.25) is 14.8 Å². The van der Waals surface area contributed by atoms with Crippen LogP contribution in [0.15, 0.2) is 63.1 Å².